The zero-order valence-electron chi connectivity index (χ0n) is 6.58. The SMILES string of the molecule is O=C(O)OON=Cc1ccccc1. The van der Waals surface area contributed by atoms with Crippen LogP contribution in [0.1, 0.15) is 5.56 Å². The summed E-state index contributed by atoms with van der Waals surface area (Å²) in [6, 6.07) is 9.06. The Morgan fingerprint density at radius 2 is 2.08 bits per heavy atom. The second kappa shape index (κ2) is 4.76. The highest BCUT2D eigenvalue weighted by Crippen LogP contribution is 1.94. The lowest BCUT2D eigenvalue weighted by Gasteiger charge is -1.91. The Morgan fingerprint density at radius 1 is 1.38 bits per heavy atom. The van der Waals surface area contributed by atoms with E-state index in [2.05, 4.69) is 15.0 Å². The van der Waals surface area contributed by atoms with Crippen LogP contribution in [-0.4, -0.2) is 17.5 Å². The summed E-state index contributed by atoms with van der Waals surface area (Å²) in [5, 5.41) is 11.2. The van der Waals surface area contributed by atoms with Crippen molar-refractivity contribution in [2.45, 2.75) is 0 Å². The highest BCUT2D eigenvalue weighted by Gasteiger charge is 1.93. The number of hydrogen-bond donors (Lipinski definition) is 1. The highest BCUT2D eigenvalue weighted by atomic mass is 17.3. The van der Waals surface area contributed by atoms with Gasteiger partial charge in [0.05, 0.1) is 6.21 Å². The molecule has 0 unspecified atom stereocenters. The summed E-state index contributed by atoms with van der Waals surface area (Å²) in [5.41, 5.74) is 0.788. The maximum absolute atomic E-state index is 9.79. The quantitative estimate of drug-likeness (QED) is 0.437. The van der Waals surface area contributed by atoms with E-state index in [4.69, 9.17) is 5.11 Å². The molecule has 0 aromatic heterocycles. The molecule has 0 radical (unpaired) electrons. The second-order valence-corrected chi connectivity index (χ2v) is 2.07. The van der Waals surface area contributed by atoms with E-state index in [9.17, 15) is 4.79 Å². The molecular formula is C8H7NO4. The van der Waals surface area contributed by atoms with Gasteiger partial charge in [-0.15, -0.1) is 0 Å². The fourth-order valence-corrected chi connectivity index (χ4v) is 0.675. The molecule has 0 amide bonds. The van der Waals surface area contributed by atoms with Gasteiger partial charge in [-0.05, 0) is 10.7 Å². The average Bonchev–Trinajstić information content (AvgIpc) is 2.14. The number of benzene rings is 1. The van der Waals surface area contributed by atoms with Gasteiger partial charge in [-0.25, -0.2) is 4.79 Å². The van der Waals surface area contributed by atoms with E-state index in [0.717, 1.165) is 5.56 Å². The third-order valence-electron chi connectivity index (χ3n) is 1.15. The molecule has 1 aromatic carbocycles. The number of carboxylic acid groups (broad SMARTS) is 1. The van der Waals surface area contributed by atoms with Crippen LogP contribution in [0.25, 0.3) is 0 Å². The van der Waals surface area contributed by atoms with Crippen LogP contribution in [0, 0.1) is 0 Å². The van der Waals surface area contributed by atoms with Crippen LogP contribution in [0.5, 0.6) is 0 Å². The van der Waals surface area contributed by atoms with Crippen LogP contribution in [0.3, 0.4) is 0 Å². The first-order valence-corrected chi connectivity index (χ1v) is 3.44. The average molecular weight is 181 g/mol. The van der Waals surface area contributed by atoms with Crippen LogP contribution >= 0.6 is 0 Å². The monoisotopic (exact) mass is 181 g/mol. The number of nitrogens with zero attached hydrogens (tertiary/aromatic N) is 1. The summed E-state index contributed by atoms with van der Waals surface area (Å²) in [6.07, 6.45) is -0.201. The van der Waals surface area contributed by atoms with Crippen LogP contribution in [0.15, 0.2) is 35.5 Å². The van der Waals surface area contributed by atoms with Gasteiger partial charge in [0.15, 0.2) is 0 Å². The van der Waals surface area contributed by atoms with E-state index in [1.165, 1.54) is 6.21 Å². The van der Waals surface area contributed by atoms with Crippen molar-refractivity contribution in [1.82, 2.24) is 0 Å². The number of carbonyl (C=O) groups is 1. The Bertz CT molecular complexity index is 296. The van der Waals surface area contributed by atoms with Crippen LogP contribution in [0.4, 0.5) is 4.79 Å². The molecule has 0 saturated heterocycles. The van der Waals surface area contributed by atoms with Gasteiger partial charge in [0.1, 0.15) is 0 Å². The summed E-state index contributed by atoms with van der Waals surface area (Å²) >= 11 is 0. The molecule has 0 aliphatic rings. The lowest BCUT2D eigenvalue weighted by atomic mass is 10.2. The van der Waals surface area contributed by atoms with E-state index in [-0.39, 0.29) is 0 Å². The molecule has 0 aliphatic heterocycles. The van der Waals surface area contributed by atoms with Crippen LogP contribution in [0.2, 0.25) is 0 Å². The number of oxime groups is 1. The van der Waals surface area contributed by atoms with Gasteiger partial charge in [0.2, 0.25) is 0 Å². The topological polar surface area (TPSA) is 68.1 Å². The van der Waals surface area contributed by atoms with Crippen molar-refractivity contribution in [3.05, 3.63) is 35.9 Å². The first-order chi connectivity index (χ1) is 6.29. The minimum atomic E-state index is -1.54. The fraction of sp³-hybridized carbons (Fsp3) is 0. The van der Waals surface area contributed by atoms with Crippen molar-refractivity contribution in [1.29, 1.82) is 0 Å². The van der Waals surface area contributed by atoms with E-state index in [0.29, 0.717) is 0 Å². The van der Waals surface area contributed by atoms with Gasteiger partial charge in [-0.3, -0.25) is 0 Å². The van der Waals surface area contributed by atoms with Crippen molar-refractivity contribution < 1.29 is 19.8 Å². The fourth-order valence-electron chi connectivity index (χ4n) is 0.675. The first kappa shape index (κ1) is 9.05. The molecular weight excluding hydrogens is 174 g/mol. The molecule has 5 nitrogen and oxygen atoms in total. The molecule has 0 saturated carbocycles. The Morgan fingerprint density at radius 3 is 2.69 bits per heavy atom. The van der Waals surface area contributed by atoms with Crippen LogP contribution < -0.4 is 0 Å². The first-order valence-electron chi connectivity index (χ1n) is 3.44. The molecule has 0 aliphatic carbocycles. The zero-order chi connectivity index (χ0) is 9.52. The van der Waals surface area contributed by atoms with Crippen LogP contribution in [-0.2, 0) is 9.88 Å². The summed E-state index contributed by atoms with van der Waals surface area (Å²) in [4.78, 5) is 17.4. The maximum atomic E-state index is 9.79. The molecule has 5 heteroatoms. The normalized spacial score (nSPS) is 9.85. The van der Waals surface area contributed by atoms with Gasteiger partial charge >= 0.3 is 6.16 Å². The van der Waals surface area contributed by atoms with Gasteiger partial charge in [0, 0.05) is 0 Å². The number of hydrogen-bond acceptors (Lipinski definition) is 4. The zero-order valence-corrected chi connectivity index (χ0v) is 6.58. The van der Waals surface area contributed by atoms with Gasteiger partial charge in [0.25, 0.3) is 0 Å². The molecule has 1 rings (SSSR count). The Labute approximate surface area is 74.1 Å². The summed E-state index contributed by atoms with van der Waals surface area (Å²) in [6.45, 7) is 0. The lowest BCUT2D eigenvalue weighted by Crippen LogP contribution is -1.97. The minimum absolute atomic E-state index is 0.788. The van der Waals surface area contributed by atoms with Crippen molar-refractivity contribution in [3.63, 3.8) is 0 Å². The molecule has 1 N–H and O–H groups in total. The molecule has 0 fully saturated rings. The largest absolute Gasteiger partial charge is 0.549 e. The van der Waals surface area contributed by atoms with E-state index >= 15 is 0 Å². The van der Waals surface area contributed by atoms with E-state index in [1.807, 2.05) is 18.2 Å². The molecule has 13 heavy (non-hydrogen) atoms. The molecule has 0 spiro atoms. The Balaban J connectivity index is 2.37. The molecule has 1 aromatic rings. The third kappa shape index (κ3) is 3.76. The van der Waals surface area contributed by atoms with Crippen molar-refractivity contribution in [2.75, 3.05) is 0 Å². The van der Waals surface area contributed by atoms with Crippen molar-refractivity contribution in [3.8, 4) is 0 Å². The van der Waals surface area contributed by atoms with E-state index < -0.39 is 6.16 Å². The predicted molar refractivity (Wildman–Crippen MR) is 44.2 cm³/mol. The summed E-state index contributed by atoms with van der Waals surface area (Å²) in [7, 11) is 0. The summed E-state index contributed by atoms with van der Waals surface area (Å²) < 4.78 is 0. The second-order valence-electron chi connectivity index (χ2n) is 2.07. The molecule has 0 atom stereocenters. The van der Waals surface area contributed by atoms with Gasteiger partial charge in [-0.1, -0.05) is 30.3 Å². The lowest BCUT2D eigenvalue weighted by molar-refractivity contribution is -0.251. The highest BCUT2D eigenvalue weighted by molar-refractivity contribution is 5.78. The van der Waals surface area contributed by atoms with Crippen molar-refractivity contribution in [2.24, 2.45) is 5.16 Å². The van der Waals surface area contributed by atoms with E-state index in [1.54, 1.807) is 12.1 Å². The Hall–Kier alpha value is -2.04. The molecule has 0 bridgehead atoms. The van der Waals surface area contributed by atoms with Crippen molar-refractivity contribution >= 4 is 12.4 Å². The standard InChI is InChI=1S/C8H7NO4/c10-8(11)12-13-9-6-7-4-2-1-3-5-7/h1-6H,(H,10,11). The van der Waals surface area contributed by atoms with Gasteiger partial charge in [-0.2, -0.15) is 9.88 Å². The predicted octanol–water partition coefficient (Wildman–Crippen LogP) is 1.65. The minimum Gasteiger partial charge on any atom is -0.447 e. The summed E-state index contributed by atoms with van der Waals surface area (Å²) in [5.74, 6) is 0. The third-order valence-corrected chi connectivity index (χ3v) is 1.15. The molecule has 68 valence electrons. The maximum Gasteiger partial charge on any atom is 0.549 e. The van der Waals surface area contributed by atoms with Gasteiger partial charge < -0.3 is 5.11 Å². The Kier molecular flexibility index (Phi) is 3.31. The smallest absolute Gasteiger partial charge is 0.447 e. The molecule has 0 heterocycles. The number of rotatable bonds is 3.